The number of benzene rings is 2. The maximum atomic E-state index is 13.4. The smallest absolute Gasteiger partial charge is 0.276 e. The zero-order chi connectivity index (χ0) is 23.0. The van der Waals surface area contributed by atoms with Crippen molar-refractivity contribution in [2.24, 2.45) is 0 Å². The molecule has 1 aliphatic heterocycles. The first kappa shape index (κ1) is 21.4. The van der Waals surface area contributed by atoms with Crippen molar-refractivity contribution in [3.63, 3.8) is 0 Å². The number of nitrogens with zero attached hydrogens (tertiary/aromatic N) is 5. The van der Waals surface area contributed by atoms with Crippen molar-refractivity contribution >= 4 is 11.8 Å². The van der Waals surface area contributed by atoms with Crippen molar-refractivity contribution in [3.05, 3.63) is 77.6 Å². The molecule has 1 aliphatic carbocycles. The van der Waals surface area contributed by atoms with Gasteiger partial charge in [0.1, 0.15) is 0 Å². The molecule has 170 valence electrons. The van der Waals surface area contributed by atoms with Crippen molar-refractivity contribution in [1.29, 1.82) is 0 Å². The molecule has 2 aromatic carbocycles. The van der Waals surface area contributed by atoms with Gasteiger partial charge in [0.2, 0.25) is 5.91 Å². The molecule has 0 radical (unpaired) electrons. The molecule has 3 aromatic rings. The van der Waals surface area contributed by atoms with Crippen molar-refractivity contribution < 1.29 is 9.59 Å². The number of carbonyl (C=O) groups excluding carboxylic acids is 2. The second-order valence-electron chi connectivity index (χ2n) is 9.42. The van der Waals surface area contributed by atoms with Gasteiger partial charge in [-0.1, -0.05) is 53.7 Å². The molecule has 0 bridgehead atoms. The molecule has 7 heteroatoms. The van der Waals surface area contributed by atoms with E-state index in [1.165, 1.54) is 0 Å². The quantitative estimate of drug-likeness (QED) is 0.606. The highest BCUT2D eigenvalue weighted by Crippen LogP contribution is 2.42. The molecule has 2 amide bonds. The summed E-state index contributed by atoms with van der Waals surface area (Å²) in [6.45, 7) is 5.96. The molecule has 33 heavy (non-hydrogen) atoms. The minimum atomic E-state index is -0.606. The van der Waals surface area contributed by atoms with Crippen LogP contribution in [0, 0.1) is 0 Å². The highest BCUT2D eigenvalue weighted by molar-refractivity contribution is 5.94. The summed E-state index contributed by atoms with van der Waals surface area (Å²) in [5, 5.41) is 8.63. The number of hydrogen-bond acceptors (Lipinski definition) is 4. The lowest BCUT2D eigenvalue weighted by molar-refractivity contribution is -0.137. The minimum Gasteiger partial charge on any atom is -0.338 e. The van der Waals surface area contributed by atoms with E-state index in [4.69, 9.17) is 0 Å². The van der Waals surface area contributed by atoms with Gasteiger partial charge in [-0.3, -0.25) is 9.59 Å². The first-order valence-electron chi connectivity index (χ1n) is 11.6. The summed E-state index contributed by atoms with van der Waals surface area (Å²) in [5.41, 5.74) is 2.68. The molecule has 1 aromatic heterocycles. The standard InChI is InChI=1S/C26H29N5O2/c1-26(2,20-9-5-3-6-10-20)25(33)30-17-15-29(16-18-30)24(32)22-23(19-13-14-19)31(28-27-22)21-11-7-4-8-12-21/h3-12,19H,13-18H2,1-2H3. The van der Waals surface area contributed by atoms with Crippen molar-refractivity contribution in [2.75, 3.05) is 26.2 Å². The summed E-state index contributed by atoms with van der Waals surface area (Å²) in [6, 6.07) is 19.7. The zero-order valence-corrected chi connectivity index (χ0v) is 19.1. The van der Waals surface area contributed by atoms with E-state index in [1.807, 2.05) is 89.0 Å². The molecule has 1 saturated heterocycles. The van der Waals surface area contributed by atoms with Gasteiger partial charge in [-0.25, -0.2) is 4.68 Å². The Morgan fingerprint density at radius 1 is 0.848 bits per heavy atom. The van der Waals surface area contributed by atoms with Crippen LogP contribution in [0.1, 0.15) is 54.4 Å². The first-order valence-corrected chi connectivity index (χ1v) is 11.6. The molecule has 2 heterocycles. The van der Waals surface area contributed by atoms with Crippen molar-refractivity contribution in [1.82, 2.24) is 24.8 Å². The summed E-state index contributed by atoms with van der Waals surface area (Å²) >= 11 is 0. The summed E-state index contributed by atoms with van der Waals surface area (Å²) in [6.07, 6.45) is 2.11. The molecule has 5 rings (SSSR count). The average molecular weight is 444 g/mol. The van der Waals surface area contributed by atoms with Crippen LogP contribution >= 0.6 is 0 Å². The molecule has 2 fully saturated rings. The van der Waals surface area contributed by atoms with Gasteiger partial charge in [0.25, 0.3) is 5.91 Å². The molecule has 0 unspecified atom stereocenters. The maximum absolute atomic E-state index is 13.4. The van der Waals surface area contributed by atoms with E-state index in [0.29, 0.717) is 37.8 Å². The SMILES string of the molecule is CC(C)(C(=O)N1CCN(C(=O)c2nnn(-c3ccccc3)c2C2CC2)CC1)c1ccccc1. The largest absolute Gasteiger partial charge is 0.338 e. The second kappa shape index (κ2) is 8.46. The lowest BCUT2D eigenvalue weighted by Gasteiger charge is -2.38. The Hall–Kier alpha value is -3.48. The fourth-order valence-electron chi connectivity index (χ4n) is 4.56. The van der Waals surface area contributed by atoms with Crippen LogP contribution in [-0.4, -0.2) is 62.8 Å². The monoisotopic (exact) mass is 443 g/mol. The van der Waals surface area contributed by atoms with Crippen molar-refractivity contribution in [2.45, 2.75) is 38.0 Å². The van der Waals surface area contributed by atoms with E-state index in [1.54, 1.807) is 0 Å². The molecule has 0 atom stereocenters. The normalized spacial score (nSPS) is 16.7. The number of amides is 2. The fraction of sp³-hybridized carbons (Fsp3) is 0.385. The second-order valence-corrected chi connectivity index (χ2v) is 9.42. The number of rotatable bonds is 5. The molecule has 7 nitrogen and oxygen atoms in total. The molecule has 0 spiro atoms. The van der Waals surface area contributed by atoms with E-state index in [2.05, 4.69) is 10.3 Å². The first-order chi connectivity index (χ1) is 16.0. The Morgan fingerprint density at radius 2 is 1.42 bits per heavy atom. The Labute approximate surface area is 194 Å². The van der Waals surface area contributed by atoms with E-state index < -0.39 is 5.41 Å². The zero-order valence-electron chi connectivity index (χ0n) is 19.1. The fourth-order valence-corrected chi connectivity index (χ4v) is 4.56. The van der Waals surface area contributed by atoms with Gasteiger partial charge in [0.15, 0.2) is 5.69 Å². The van der Waals surface area contributed by atoms with Crippen LogP contribution in [0.25, 0.3) is 5.69 Å². The molecule has 0 N–H and O–H groups in total. The minimum absolute atomic E-state index is 0.0894. The Morgan fingerprint density at radius 3 is 2.03 bits per heavy atom. The van der Waals surface area contributed by atoms with Crippen LogP contribution in [0.4, 0.5) is 0 Å². The average Bonchev–Trinajstić information content (AvgIpc) is 3.61. The van der Waals surface area contributed by atoms with Gasteiger partial charge in [0, 0.05) is 32.1 Å². The van der Waals surface area contributed by atoms with E-state index in [0.717, 1.165) is 29.8 Å². The van der Waals surface area contributed by atoms with Gasteiger partial charge >= 0.3 is 0 Å². The van der Waals surface area contributed by atoms with E-state index in [9.17, 15) is 9.59 Å². The van der Waals surface area contributed by atoms with Gasteiger partial charge in [-0.15, -0.1) is 5.10 Å². The van der Waals surface area contributed by atoms with Crippen LogP contribution in [-0.2, 0) is 10.2 Å². The number of hydrogen-bond donors (Lipinski definition) is 0. The molecular formula is C26H29N5O2. The highest BCUT2D eigenvalue weighted by atomic mass is 16.2. The summed E-state index contributed by atoms with van der Waals surface area (Å²) in [4.78, 5) is 30.4. The Bertz CT molecular complexity index is 1140. The van der Waals surface area contributed by atoms with Gasteiger partial charge in [-0.2, -0.15) is 0 Å². The van der Waals surface area contributed by atoms with Gasteiger partial charge in [0.05, 0.1) is 16.8 Å². The molecular weight excluding hydrogens is 414 g/mol. The third-order valence-corrected chi connectivity index (χ3v) is 6.76. The van der Waals surface area contributed by atoms with Crippen LogP contribution in [0.3, 0.4) is 0 Å². The highest BCUT2D eigenvalue weighted by Gasteiger charge is 2.38. The van der Waals surface area contributed by atoms with E-state index in [-0.39, 0.29) is 11.8 Å². The summed E-state index contributed by atoms with van der Waals surface area (Å²) in [5.74, 6) is 0.330. The van der Waals surface area contributed by atoms with Crippen molar-refractivity contribution in [3.8, 4) is 5.69 Å². The summed E-state index contributed by atoms with van der Waals surface area (Å²) in [7, 11) is 0. The number of aromatic nitrogens is 3. The van der Waals surface area contributed by atoms with Gasteiger partial charge in [-0.05, 0) is 44.4 Å². The van der Waals surface area contributed by atoms with Gasteiger partial charge < -0.3 is 9.80 Å². The number of para-hydroxylation sites is 1. The predicted molar refractivity (Wildman–Crippen MR) is 125 cm³/mol. The third-order valence-electron chi connectivity index (χ3n) is 6.76. The lowest BCUT2D eigenvalue weighted by atomic mass is 9.83. The van der Waals surface area contributed by atoms with Crippen LogP contribution in [0.2, 0.25) is 0 Å². The van der Waals surface area contributed by atoms with Crippen LogP contribution in [0.5, 0.6) is 0 Å². The van der Waals surface area contributed by atoms with Crippen LogP contribution in [0.15, 0.2) is 60.7 Å². The third kappa shape index (κ3) is 4.03. The number of piperazine rings is 1. The molecule has 1 saturated carbocycles. The predicted octanol–water partition coefficient (Wildman–Crippen LogP) is 3.41. The maximum Gasteiger partial charge on any atom is 0.276 e. The van der Waals surface area contributed by atoms with E-state index >= 15 is 0 Å². The summed E-state index contributed by atoms with van der Waals surface area (Å²) < 4.78 is 1.81. The lowest BCUT2D eigenvalue weighted by Crippen LogP contribution is -2.54. The topological polar surface area (TPSA) is 71.3 Å². The Balaban J connectivity index is 1.30. The number of carbonyl (C=O) groups is 2. The Kier molecular flexibility index (Phi) is 5.48. The van der Waals surface area contributed by atoms with Crippen LogP contribution < -0.4 is 0 Å². The molecule has 2 aliphatic rings.